The molecule has 0 radical (unpaired) electrons. The van der Waals surface area contributed by atoms with Crippen molar-refractivity contribution in [1.29, 1.82) is 0 Å². The second kappa shape index (κ2) is 9.59. The first-order valence-corrected chi connectivity index (χ1v) is 10.8. The molecule has 0 aliphatic heterocycles. The Labute approximate surface area is 181 Å². The number of nitrogens with zero attached hydrogens (tertiary/aromatic N) is 2. The van der Waals surface area contributed by atoms with E-state index in [0.29, 0.717) is 17.1 Å². The van der Waals surface area contributed by atoms with Crippen LogP contribution in [0.25, 0.3) is 10.8 Å². The summed E-state index contributed by atoms with van der Waals surface area (Å²) in [7, 11) is 0.571. The van der Waals surface area contributed by atoms with Gasteiger partial charge in [0.05, 0.1) is 31.9 Å². The second-order valence-corrected chi connectivity index (χ2v) is 8.72. The van der Waals surface area contributed by atoms with E-state index in [1.807, 2.05) is 24.3 Å². The van der Waals surface area contributed by atoms with E-state index in [-0.39, 0.29) is 11.4 Å². The minimum absolute atomic E-state index is 0.118. The lowest BCUT2D eigenvalue weighted by atomic mass is 10.1. The minimum Gasteiger partial charge on any atom is -0.497 e. The van der Waals surface area contributed by atoms with Gasteiger partial charge in [0.2, 0.25) is 10.0 Å². The number of hydrazone groups is 1. The normalized spacial score (nSPS) is 11.7. The zero-order chi connectivity index (χ0) is 22.4. The van der Waals surface area contributed by atoms with Crippen LogP contribution in [0.5, 0.6) is 11.5 Å². The van der Waals surface area contributed by atoms with Crippen molar-refractivity contribution in [2.45, 2.75) is 4.90 Å². The Morgan fingerprint density at radius 2 is 1.77 bits per heavy atom. The van der Waals surface area contributed by atoms with E-state index in [2.05, 4.69) is 10.5 Å². The molecular formula is C22H23N3O5S. The van der Waals surface area contributed by atoms with E-state index >= 15 is 0 Å². The molecule has 162 valence electrons. The summed E-state index contributed by atoms with van der Waals surface area (Å²) in [4.78, 5) is 12.3. The van der Waals surface area contributed by atoms with Gasteiger partial charge in [-0.3, -0.25) is 4.79 Å². The quantitative estimate of drug-likeness (QED) is 0.428. The fourth-order valence-corrected chi connectivity index (χ4v) is 4.09. The van der Waals surface area contributed by atoms with Crippen LogP contribution in [0.15, 0.2) is 70.7 Å². The third-order valence-corrected chi connectivity index (χ3v) is 6.43. The zero-order valence-electron chi connectivity index (χ0n) is 17.4. The van der Waals surface area contributed by atoms with E-state index < -0.39 is 15.9 Å². The van der Waals surface area contributed by atoms with Gasteiger partial charge in [-0.05, 0) is 35.0 Å². The first-order chi connectivity index (χ1) is 14.8. The predicted octanol–water partition coefficient (Wildman–Crippen LogP) is 2.63. The van der Waals surface area contributed by atoms with Crippen LogP contribution in [0, 0.1) is 0 Å². The van der Waals surface area contributed by atoms with Crippen molar-refractivity contribution >= 4 is 32.9 Å². The Morgan fingerprint density at radius 3 is 2.48 bits per heavy atom. The van der Waals surface area contributed by atoms with Crippen molar-refractivity contribution in [2.75, 3.05) is 27.8 Å². The summed E-state index contributed by atoms with van der Waals surface area (Å²) in [5, 5.41) is 5.63. The largest absolute Gasteiger partial charge is 0.497 e. The van der Waals surface area contributed by atoms with E-state index in [1.54, 1.807) is 37.4 Å². The van der Waals surface area contributed by atoms with Gasteiger partial charge in [-0.15, -0.1) is 0 Å². The lowest BCUT2D eigenvalue weighted by Crippen LogP contribution is -2.36. The van der Waals surface area contributed by atoms with Crippen molar-refractivity contribution in [3.63, 3.8) is 0 Å². The standard InChI is InChI=1S/C22H23N3O5S/c1-25(31(27,28)20-11-9-16-6-4-5-7-17(16)12-20)15-22(26)24-23-14-18-8-10-19(29-2)13-21(18)30-3/h4-14H,15H2,1-3H3,(H,24,26). The molecule has 9 heteroatoms. The van der Waals surface area contributed by atoms with Crippen LogP contribution in [-0.4, -0.2) is 52.7 Å². The van der Waals surface area contributed by atoms with Crippen molar-refractivity contribution in [2.24, 2.45) is 5.10 Å². The summed E-state index contributed by atoms with van der Waals surface area (Å²) in [6.07, 6.45) is 1.41. The van der Waals surface area contributed by atoms with Crippen LogP contribution >= 0.6 is 0 Å². The molecule has 0 aliphatic rings. The molecule has 0 saturated carbocycles. The van der Waals surface area contributed by atoms with Crippen LogP contribution < -0.4 is 14.9 Å². The van der Waals surface area contributed by atoms with Gasteiger partial charge < -0.3 is 9.47 Å². The Bertz CT molecular complexity index is 1220. The van der Waals surface area contributed by atoms with Crippen LogP contribution in [0.3, 0.4) is 0 Å². The van der Waals surface area contributed by atoms with Crippen molar-refractivity contribution in [3.05, 3.63) is 66.2 Å². The number of hydrogen-bond acceptors (Lipinski definition) is 6. The van der Waals surface area contributed by atoms with Gasteiger partial charge in [0.25, 0.3) is 5.91 Å². The third kappa shape index (κ3) is 5.19. The number of methoxy groups -OCH3 is 2. The summed E-state index contributed by atoms with van der Waals surface area (Å²) in [6.45, 7) is -0.383. The number of nitrogens with one attached hydrogen (secondary N) is 1. The summed E-state index contributed by atoms with van der Waals surface area (Å²) >= 11 is 0. The molecular weight excluding hydrogens is 418 g/mol. The second-order valence-electron chi connectivity index (χ2n) is 6.67. The van der Waals surface area contributed by atoms with Gasteiger partial charge in [0, 0.05) is 18.7 Å². The first-order valence-electron chi connectivity index (χ1n) is 9.34. The van der Waals surface area contributed by atoms with Crippen LogP contribution in [-0.2, 0) is 14.8 Å². The molecule has 0 heterocycles. The van der Waals surface area contributed by atoms with Gasteiger partial charge in [0.1, 0.15) is 11.5 Å². The highest BCUT2D eigenvalue weighted by atomic mass is 32.2. The number of rotatable bonds is 8. The number of ether oxygens (including phenoxy) is 2. The number of fused-ring (bicyclic) bond motifs is 1. The predicted molar refractivity (Wildman–Crippen MR) is 119 cm³/mol. The van der Waals surface area contributed by atoms with Crippen LogP contribution in [0.2, 0.25) is 0 Å². The number of benzene rings is 3. The van der Waals surface area contributed by atoms with E-state index in [4.69, 9.17) is 9.47 Å². The fourth-order valence-electron chi connectivity index (χ4n) is 2.93. The Morgan fingerprint density at radius 1 is 1.03 bits per heavy atom. The van der Waals surface area contributed by atoms with Gasteiger partial charge in [0.15, 0.2) is 0 Å². The Hall–Kier alpha value is -3.43. The summed E-state index contributed by atoms with van der Waals surface area (Å²) < 4.78 is 37.0. The van der Waals surface area contributed by atoms with Crippen molar-refractivity contribution in [3.8, 4) is 11.5 Å². The molecule has 0 spiro atoms. The smallest absolute Gasteiger partial charge is 0.255 e. The van der Waals surface area contributed by atoms with E-state index in [9.17, 15) is 13.2 Å². The molecule has 0 bridgehead atoms. The Balaban J connectivity index is 1.66. The molecule has 0 fully saturated rings. The van der Waals surface area contributed by atoms with Gasteiger partial charge >= 0.3 is 0 Å². The average molecular weight is 442 g/mol. The maximum Gasteiger partial charge on any atom is 0.255 e. The lowest BCUT2D eigenvalue weighted by molar-refractivity contribution is -0.121. The third-order valence-electron chi connectivity index (χ3n) is 4.63. The molecule has 3 rings (SSSR count). The highest BCUT2D eigenvalue weighted by Crippen LogP contribution is 2.23. The highest BCUT2D eigenvalue weighted by Gasteiger charge is 2.23. The van der Waals surface area contributed by atoms with Crippen LogP contribution in [0.4, 0.5) is 0 Å². The topological polar surface area (TPSA) is 97.3 Å². The average Bonchev–Trinajstić information content (AvgIpc) is 2.78. The molecule has 0 aliphatic carbocycles. The molecule has 0 saturated heterocycles. The molecule has 0 atom stereocenters. The lowest BCUT2D eigenvalue weighted by Gasteiger charge is -2.16. The van der Waals surface area contributed by atoms with E-state index in [0.717, 1.165) is 15.1 Å². The van der Waals surface area contributed by atoms with Crippen molar-refractivity contribution < 1.29 is 22.7 Å². The number of hydrogen-bond donors (Lipinski definition) is 1. The molecule has 3 aromatic carbocycles. The molecule has 0 aromatic heterocycles. The summed E-state index contributed by atoms with van der Waals surface area (Å²) in [5.41, 5.74) is 2.96. The molecule has 8 nitrogen and oxygen atoms in total. The van der Waals surface area contributed by atoms with Gasteiger partial charge in [-0.2, -0.15) is 9.41 Å². The number of carbonyl (C=O) groups excluding carboxylic acids is 1. The van der Waals surface area contributed by atoms with E-state index in [1.165, 1.54) is 26.4 Å². The summed E-state index contributed by atoms with van der Waals surface area (Å²) in [5.74, 6) is 0.572. The monoisotopic (exact) mass is 441 g/mol. The maximum atomic E-state index is 12.8. The molecule has 3 aromatic rings. The SMILES string of the molecule is COc1ccc(C=NNC(=O)CN(C)S(=O)(=O)c2ccc3ccccc3c2)c(OC)c1. The van der Waals surface area contributed by atoms with Crippen LogP contribution in [0.1, 0.15) is 5.56 Å². The minimum atomic E-state index is -3.83. The Kier molecular flexibility index (Phi) is 6.88. The zero-order valence-corrected chi connectivity index (χ0v) is 18.2. The van der Waals surface area contributed by atoms with Crippen molar-refractivity contribution in [1.82, 2.24) is 9.73 Å². The summed E-state index contributed by atoms with van der Waals surface area (Å²) in [6, 6.07) is 17.5. The maximum absolute atomic E-state index is 12.8. The number of carbonyl (C=O) groups is 1. The van der Waals surface area contributed by atoms with Gasteiger partial charge in [-0.25, -0.2) is 13.8 Å². The van der Waals surface area contributed by atoms with Gasteiger partial charge in [-0.1, -0.05) is 30.3 Å². The molecule has 31 heavy (non-hydrogen) atoms. The number of sulfonamides is 1. The highest BCUT2D eigenvalue weighted by molar-refractivity contribution is 7.89. The fraction of sp³-hybridized carbons (Fsp3) is 0.182. The molecule has 1 amide bonds. The molecule has 0 unspecified atom stereocenters. The number of amides is 1. The molecule has 1 N–H and O–H groups in total. The first kappa shape index (κ1) is 22.3. The number of likely N-dealkylation sites (N-methyl/N-ethyl adjacent to an activating group) is 1.